The van der Waals surface area contributed by atoms with Crippen molar-refractivity contribution in [3.05, 3.63) is 0 Å². The third-order valence-electron chi connectivity index (χ3n) is 2.36. The number of rotatable bonds is 7. The van der Waals surface area contributed by atoms with Crippen LogP contribution in [0.5, 0.6) is 0 Å². The molecule has 0 saturated heterocycles. The van der Waals surface area contributed by atoms with Gasteiger partial charge in [0.25, 0.3) is 0 Å². The summed E-state index contributed by atoms with van der Waals surface area (Å²) in [5.41, 5.74) is 5.56. The molecule has 0 aromatic rings. The molecule has 0 radical (unpaired) electrons. The molecule has 0 aliphatic heterocycles. The molecule has 0 rings (SSSR count). The van der Waals surface area contributed by atoms with Gasteiger partial charge in [-0.2, -0.15) is 0 Å². The first-order chi connectivity index (χ1) is 6.13. The molecule has 0 aliphatic rings. The molecular formula is C10H24N2O. The zero-order valence-corrected chi connectivity index (χ0v) is 9.42. The van der Waals surface area contributed by atoms with Gasteiger partial charge in [-0.3, -0.25) is 4.90 Å². The Hall–Kier alpha value is -0.120. The number of hydrogen-bond donors (Lipinski definition) is 1. The number of nitrogens with zero attached hydrogens (tertiary/aromatic N) is 1. The Labute approximate surface area is 82.2 Å². The highest BCUT2D eigenvalue weighted by molar-refractivity contribution is 4.70. The van der Waals surface area contributed by atoms with Gasteiger partial charge in [0, 0.05) is 38.9 Å². The Morgan fingerprint density at radius 2 is 1.92 bits per heavy atom. The van der Waals surface area contributed by atoms with Gasteiger partial charge >= 0.3 is 0 Å². The molecule has 1 unspecified atom stereocenters. The molecule has 0 aromatic carbocycles. The zero-order chi connectivity index (χ0) is 10.3. The molecular weight excluding hydrogens is 164 g/mol. The predicted octanol–water partition coefficient (Wildman–Crippen LogP) is 1.08. The maximum Gasteiger partial charge on any atom is 0.0477 e. The molecule has 0 fully saturated rings. The van der Waals surface area contributed by atoms with Crippen LogP contribution in [0.1, 0.15) is 27.2 Å². The van der Waals surface area contributed by atoms with Gasteiger partial charge in [0.2, 0.25) is 0 Å². The second-order valence-corrected chi connectivity index (χ2v) is 3.75. The van der Waals surface area contributed by atoms with Crippen molar-refractivity contribution in [1.29, 1.82) is 0 Å². The Morgan fingerprint density at radius 1 is 1.31 bits per heavy atom. The van der Waals surface area contributed by atoms with Crippen LogP contribution in [0.25, 0.3) is 0 Å². The lowest BCUT2D eigenvalue weighted by atomic mass is 10.1. The van der Waals surface area contributed by atoms with Crippen molar-refractivity contribution in [2.24, 2.45) is 5.73 Å². The lowest BCUT2D eigenvalue weighted by molar-refractivity contribution is 0.119. The van der Waals surface area contributed by atoms with Crippen molar-refractivity contribution < 1.29 is 4.74 Å². The summed E-state index contributed by atoms with van der Waals surface area (Å²) in [6.45, 7) is 9.18. The fourth-order valence-corrected chi connectivity index (χ4v) is 1.59. The molecule has 80 valence electrons. The van der Waals surface area contributed by atoms with Crippen LogP contribution in [0, 0.1) is 0 Å². The topological polar surface area (TPSA) is 38.5 Å². The molecule has 0 heterocycles. The van der Waals surface area contributed by atoms with Crippen LogP contribution < -0.4 is 5.73 Å². The number of nitrogens with two attached hydrogens (primary N) is 1. The Morgan fingerprint density at radius 3 is 2.31 bits per heavy atom. The van der Waals surface area contributed by atoms with E-state index in [0.717, 1.165) is 26.1 Å². The minimum Gasteiger partial charge on any atom is -0.385 e. The van der Waals surface area contributed by atoms with Crippen molar-refractivity contribution >= 4 is 0 Å². The highest BCUT2D eigenvalue weighted by atomic mass is 16.5. The van der Waals surface area contributed by atoms with Gasteiger partial charge in [0.1, 0.15) is 0 Å². The van der Waals surface area contributed by atoms with Crippen molar-refractivity contribution in [1.82, 2.24) is 4.90 Å². The van der Waals surface area contributed by atoms with Crippen LogP contribution in [-0.2, 0) is 4.74 Å². The van der Waals surface area contributed by atoms with E-state index in [1.807, 2.05) is 0 Å². The fourth-order valence-electron chi connectivity index (χ4n) is 1.59. The van der Waals surface area contributed by atoms with Gasteiger partial charge < -0.3 is 10.5 Å². The zero-order valence-electron chi connectivity index (χ0n) is 9.42. The number of hydrogen-bond acceptors (Lipinski definition) is 3. The molecule has 0 aliphatic carbocycles. The summed E-state index contributed by atoms with van der Waals surface area (Å²) in [7, 11) is 1.75. The summed E-state index contributed by atoms with van der Waals surface area (Å²) >= 11 is 0. The summed E-state index contributed by atoms with van der Waals surface area (Å²) in [5.74, 6) is 0. The molecule has 3 heteroatoms. The molecule has 1 atom stereocenters. The number of ether oxygens (including phenoxy) is 1. The average Bonchev–Trinajstić information content (AvgIpc) is 2.09. The molecule has 0 amide bonds. The van der Waals surface area contributed by atoms with Gasteiger partial charge in [-0.15, -0.1) is 0 Å². The largest absolute Gasteiger partial charge is 0.385 e. The molecule has 0 spiro atoms. The van der Waals surface area contributed by atoms with E-state index in [-0.39, 0.29) is 0 Å². The van der Waals surface area contributed by atoms with Crippen LogP contribution >= 0.6 is 0 Å². The Bertz CT molecular complexity index is 117. The molecule has 0 saturated carbocycles. The summed E-state index contributed by atoms with van der Waals surface area (Å²) < 4.78 is 5.06. The Kier molecular flexibility index (Phi) is 7.23. The summed E-state index contributed by atoms with van der Waals surface area (Å²) in [6.07, 6.45) is 1.08. The molecule has 0 bridgehead atoms. The quantitative estimate of drug-likeness (QED) is 0.650. The Balaban J connectivity index is 3.87. The SMILES string of the molecule is COCCC(C)N(CCN)C(C)C. The number of methoxy groups -OCH3 is 1. The van der Waals surface area contributed by atoms with Crippen LogP contribution in [0.3, 0.4) is 0 Å². The average molecular weight is 188 g/mol. The highest BCUT2D eigenvalue weighted by Gasteiger charge is 2.15. The van der Waals surface area contributed by atoms with Crippen LogP contribution in [0.4, 0.5) is 0 Å². The van der Waals surface area contributed by atoms with Gasteiger partial charge in [-0.25, -0.2) is 0 Å². The fraction of sp³-hybridized carbons (Fsp3) is 1.00. The molecule has 3 nitrogen and oxygen atoms in total. The maximum absolute atomic E-state index is 5.56. The standard InChI is InChI=1S/C10H24N2O/c1-9(2)12(7-6-11)10(3)5-8-13-4/h9-10H,5-8,11H2,1-4H3. The monoisotopic (exact) mass is 188 g/mol. The van der Waals surface area contributed by atoms with E-state index in [4.69, 9.17) is 10.5 Å². The lowest BCUT2D eigenvalue weighted by Crippen LogP contribution is -2.42. The summed E-state index contributed by atoms with van der Waals surface area (Å²) in [5, 5.41) is 0. The van der Waals surface area contributed by atoms with Crippen molar-refractivity contribution in [2.75, 3.05) is 26.8 Å². The van der Waals surface area contributed by atoms with E-state index in [1.165, 1.54) is 0 Å². The maximum atomic E-state index is 5.56. The first-order valence-corrected chi connectivity index (χ1v) is 5.08. The molecule has 0 aromatic heterocycles. The third kappa shape index (κ3) is 5.24. The van der Waals surface area contributed by atoms with Crippen LogP contribution in [-0.4, -0.2) is 43.8 Å². The smallest absolute Gasteiger partial charge is 0.0477 e. The minimum atomic E-state index is 0.559. The lowest BCUT2D eigenvalue weighted by Gasteiger charge is -2.32. The van der Waals surface area contributed by atoms with E-state index in [0.29, 0.717) is 12.1 Å². The molecule has 2 N–H and O–H groups in total. The minimum absolute atomic E-state index is 0.559. The highest BCUT2D eigenvalue weighted by Crippen LogP contribution is 2.07. The van der Waals surface area contributed by atoms with Gasteiger partial charge in [0.15, 0.2) is 0 Å². The van der Waals surface area contributed by atoms with E-state index in [9.17, 15) is 0 Å². The normalized spacial score (nSPS) is 14.1. The second-order valence-electron chi connectivity index (χ2n) is 3.75. The van der Waals surface area contributed by atoms with Crippen molar-refractivity contribution in [3.8, 4) is 0 Å². The van der Waals surface area contributed by atoms with E-state index >= 15 is 0 Å². The van der Waals surface area contributed by atoms with Gasteiger partial charge in [-0.05, 0) is 27.2 Å². The van der Waals surface area contributed by atoms with E-state index < -0.39 is 0 Å². The summed E-state index contributed by atoms with van der Waals surface area (Å²) in [6, 6.07) is 1.12. The molecule has 13 heavy (non-hydrogen) atoms. The van der Waals surface area contributed by atoms with E-state index in [2.05, 4.69) is 25.7 Å². The van der Waals surface area contributed by atoms with Gasteiger partial charge in [-0.1, -0.05) is 0 Å². The van der Waals surface area contributed by atoms with Crippen molar-refractivity contribution in [2.45, 2.75) is 39.3 Å². The predicted molar refractivity (Wildman–Crippen MR) is 56.9 cm³/mol. The van der Waals surface area contributed by atoms with Crippen molar-refractivity contribution in [3.63, 3.8) is 0 Å². The first kappa shape index (κ1) is 12.9. The second kappa shape index (κ2) is 7.30. The van der Waals surface area contributed by atoms with Crippen LogP contribution in [0.15, 0.2) is 0 Å². The first-order valence-electron chi connectivity index (χ1n) is 5.08. The van der Waals surface area contributed by atoms with Gasteiger partial charge in [0.05, 0.1) is 0 Å². The third-order valence-corrected chi connectivity index (χ3v) is 2.36. The summed E-state index contributed by atoms with van der Waals surface area (Å²) in [4.78, 5) is 2.42. The van der Waals surface area contributed by atoms with Crippen LogP contribution in [0.2, 0.25) is 0 Å². The van der Waals surface area contributed by atoms with E-state index in [1.54, 1.807) is 7.11 Å².